The van der Waals surface area contributed by atoms with E-state index in [1.54, 1.807) is 23.7 Å². The zero-order chi connectivity index (χ0) is 17.4. The Bertz CT molecular complexity index is 688. The van der Waals surface area contributed by atoms with Gasteiger partial charge in [0.05, 0.1) is 18.8 Å². The van der Waals surface area contributed by atoms with E-state index < -0.39 is 18.5 Å². The Hall–Kier alpha value is -2.61. The number of hydrogen-bond donors (Lipinski definition) is 1. The van der Waals surface area contributed by atoms with Crippen LogP contribution in [-0.4, -0.2) is 36.7 Å². The van der Waals surface area contributed by atoms with Crippen molar-refractivity contribution in [2.45, 2.75) is 13.8 Å². The van der Waals surface area contributed by atoms with Crippen LogP contribution < -0.4 is 14.8 Å². The lowest BCUT2D eigenvalue weighted by atomic mass is 10.2. The third kappa shape index (κ3) is 4.95. The van der Waals surface area contributed by atoms with Crippen LogP contribution in [0, 0.1) is 0 Å². The van der Waals surface area contributed by atoms with Crippen LogP contribution in [-0.2, 0) is 9.53 Å². The van der Waals surface area contributed by atoms with E-state index in [1.165, 1.54) is 17.4 Å². The van der Waals surface area contributed by atoms with Crippen LogP contribution in [0.3, 0.4) is 0 Å². The summed E-state index contributed by atoms with van der Waals surface area (Å²) in [7, 11) is 0. The molecule has 0 aliphatic carbocycles. The van der Waals surface area contributed by atoms with E-state index >= 15 is 0 Å². The molecule has 128 valence electrons. The molecule has 2 rings (SSSR count). The summed E-state index contributed by atoms with van der Waals surface area (Å²) in [6.45, 7) is 4.23. The van der Waals surface area contributed by atoms with Gasteiger partial charge >= 0.3 is 5.97 Å². The molecule has 0 radical (unpaired) electrons. The maximum atomic E-state index is 12.1. The van der Waals surface area contributed by atoms with Crippen LogP contribution in [0.5, 0.6) is 11.5 Å². The zero-order valence-electron chi connectivity index (χ0n) is 13.4. The topological polar surface area (TPSA) is 86.8 Å². The number of nitrogens with zero attached hydrogens (tertiary/aromatic N) is 1. The first-order valence-corrected chi connectivity index (χ1v) is 8.28. The SMILES string of the molecule is CCOc1ccc(C(=O)OCC(=O)Nc2nccs2)cc1OCC. The third-order valence-corrected chi connectivity index (χ3v) is 3.48. The van der Waals surface area contributed by atoms with E-state index in [0.29, 0.717) is 29.8 Å². The van der Waals surface area contributed by atoms with Gasteiger partial charge in [-0.05, 0) is 32.0 Å². The van der Waals surface area contributed by atoms with Gasteiger partial charge in [-0.1, -0.05) is 0 Å². The highest BCUT2D eigenvalue weighted by Gasteiger charge is 2.14. The average molecular weight is 350 g/mol. The number of amides is 1. The smallest absolute Gasteiger partial charge is 0.338 e. The second-order valence-electron chi connectivity index (χ2n) is 4.49. The number of hydrogen-bond acceptors (Lipinski definition) is 7. The number of rotatable bonds is 8. The Labute approximate surface area is 143 Å². The third-order valence-electron chi connectivity index (χ3n) is 2.79. The molecule has 0 fully saturated rings. The quantitative estimate of drug-likeness (QED) is 0.737. The molecule has 24 heavy (non-hydrogen) atoms. The zero-order valence-corrected chi connectivity index (χ0v) is 14.2. The van der Waals surface area contributed by atoms with E-state index in [1.807, 2.05) is 13.8 Å². The van der Waals surface area contributed by atoms with Gasteiger partial charge in [-0.15, -0.1) is 11.3 Å². The minimum absolute atomic E-state index is 0.281. The second-order valence-corrected chi connectivity index (χ2v) is 5.38. The van der Waals surface area contributed by atoms with Crippen LogP contribution in [0.4, 0.5) is 5.13 Å². The molecule has 0 atom stereocenters. The van der Waals surface area contributed by atoms with E-state index in [0.717, 1.165) is 0 Å². The van der Waals surface area contributed by atoms with Crippen LogP contribution >= 0.6 is 11.3 Å². The number of carbonyl (C=O) groups is 2. The molecule has 2 aromatic rings. The number of ether oxygens (including phenoxy) is 3. The fraction of sp³-hybridized carbons (Fsp3) is 0.312. The summed E-state index contributed by atoms with van der Waals surface area (Å²) in [5, 5.41) is 4.72. The standard InChI is InChI=1S/C16H18N2O5S/c1-3-21-12-6-5-11(9-13(12)22-4-2)15(20)23-10-14(19)18-16-17-7-8-24-16/h5-9H,3-4,10H2,1-2H3,(H,17,18,19). The number of nitrogens with one attached hydrogen (secondary N) is 1. The fourth-order valence-electron chi connectivity index (χ4n) is 1.83. The van der Waals surface area contributed by atoms with Gasteiger partial charge in [-0.3, -0.25) is 10.1 Å². The average Bonchev–Trinajstić information content (AvgIpc) is 3.07. The van der Waals surface area contributed by atoms with Crippen molar-refractivity contribution in [3.63, 3.8) is 0 Å². The van der Waals surface area contributed by atoms with Gasteiger partial charge in [-0.25, -0.2) is 9.78 Å². The van der Waals surface area contributed by atoms with Crippen LogP contribution in [0.1, 0.15) is 24.2 Å². The van der Waals surface area contributed by atoms with Crippen molar-refractivity contribution < 1.29 is 23.8 Å². The van der Waals surface area contributed by atoms with Gasteiger partial charge < -0.3 is 14.2 Å². The van der Waals surface area contributed by atoms with Gasteiger partial charge in [0, 0.05) is 11.6 Å². The molecule has 8 heteroatoms. The Kier molecular flexibility index (Phi) is 6.56. The molecule has 0 saturated carbocycles. The van der Waals surface area contributed by atoms with E-state index in [4.69, 9.17) is 14.2 Å². The molecule has 1 aromatic carbocycles. The first-order valence-electron chi connectivity index (χ1n) is 7.40. The molecule has 0 unspecified atom stereocenters. The van der Waals surface area contributed by atoms with Crippen molar-refractivity contribution in [2.24, 2.45) is 0 Å². The highest BCUT2D eigenvalue weighted by Crippen LogP contribution is 2.28. The van der Waals surface area contributed by atoms with E-state index in [2.05, 4.69) is 10.3 Å². The first kappa shape index (κ1) is 17.7. The van der Waals surface area contributed by atoms with Crippen LogP contribution in [0.2, 0.25) is 0 Å². The molecule has 7 nitrogen and oxygen atoms in total. The number of aromatic nitrogens is 1. The number of carbonyl (C=O) groups excluding carboxylic acids is 2. The van der Waals surface area contributed by atoms with Crippen molar-refractivity contribution >= 4 is 28.3 Å². The molecule has 1 amide bonds. The Balaban J connectivity index is 1.96. The summed E-state index contributed by atoms with van der Waals surface area (Å²) in [6, 6.07) is 4.74. The van der Waals surface area contributed by atoms with Crippen molar-refractivity contribution in [3.8, 4) is 11.5 Å². The summed E-state index contributed by atoms with van der Waals surface area (Å²) in [5.41, 5.74) is 0.281. The lowest BCUT2D eigenvalue weighted by Gasteiger charge is -2.12. The molecular weight excluding hydrogens is 332 g/mol. The summed E-state index contributed by atoms with van der Waals surface area (Å²) in [4.78, 5) is 27.7. The fourth-order valence-corrected chi connectivity index (χ4v) is 2.38. The highest BCUT2D eigenvalue weighted by molar-refractivity contribution is 7.13. The molecule has 1 N–H and O–H groups in total. The van der Waals surface area contributed by atoms with Crippen LogP contribution in [0.15, 0.2) is 29.8 Å². The lowest BCUT2D eigenvalue weighted by Crippen LogP contribution is -2.20. The van der Waals surface area contributed by atoms with Crippen molar-refractivity contribution in [1.29, 1.82) is 0 Å². The monoisotopic (exact) mass is 350 g/mol. The van der Waals surface area contributed by atoms with Gasteiger partial charge in [0.2, 0.25) is 0 Å². The van der Waals surface area contributed by atoms with Crippen molar-refractivity contribution in [2.75, 3.05) is 25.1 Å². The number of benzene rings is 1. The summed E-state index contributed by atoms with van der Waals surface area (Å²) >= 11 is 1.28. The predicted octanol–water partition coefficient (Wildman–Crippen LogP) is 2.74. The molecule has 0 bridgehead atoms. The number of esters is 1. The summed E-state index contributed by atoms with van der Waals surface area (Å²) in [5.74, 6) is -0.0546. The lowest BCUT2D eigenvalue weighted by molar-refractivity contribution is -0.119. The van der Waals surface area contributed by atoms with Gasteiger partial charge in [0.1, 0.15) is 0 Å². The molecule has 0 aliphatic rings. The second kappa shape index (κ2) is 8.88. The van der Waals surface area contributed by atoms with Gasteiger partial charge in [-0.2, -0.15) is 0 Å². The van der Waals surface area contributed by atoms with Crippen molar-refractivity contribution in [1.82, 2.24) is 4.98 Å². The van der Waals surface area contributed by atoms with E-state index in [-0.39, 0.29) is 5.56 Å². The molecule has 0 aliphatic heterocycles. The minimum atomic E-state index is -0.617. The molecule has 1 heterocycles. The summed E-state index contributed by atoms with van der Waals surface area (Å²) < 4.78 is 15.9. The van der Waals surface area contributed by atoms with Crippen molar-refractivity contribution in [3.05, 3.63) is 35.3 Å². The van der Waals surface area contributed by atoms with E-state index in [9.17, 15) is 9.59 Å². The summed E-state index contributed by atoms with van der Waals surface area (Å²) in [6.07, 6.45) is 1.57. The minimum Gasteiger partial charge on any atom is -0.490 e. The normalized spacial score (nSPS) is 10.1. The van der Waals surface area contributed by atoms with Gasteiger partial charge in [0.15, 0.2) is 23.2 Å². The Morgan fingerprint density at radius 1 is 1.17 bits per heavy atom. The molecule has 0 saturated heterocycles. The first-order chi connectivity index (χ1) is 11.6. The molecular formula is C16H18N2O5S. The Morgan fingerprint density at radius 2 is 1.92 bits per heavy atom. The van der Waals surface area contributed by atoms with Gasteiger partial charge in [0.25, 0.3) is 5.91 Å². The number of anilines is 1. The molecule has 1 aromatic heterocycles. The molecule has 0 spiro atoms. The highest BCUT2D eigenvalue weighted by atomic mass is 32.1. The predicted molar refractivity (Wildman–Crippen MR) is 89.8 cm³/mol. The largest absolute Gasteiger partial charge is 0.490 e. The Morgan fingerprint density at radius 3 is 2.58 bits per heavy atom. The maximum Gasteiger partial charge on any atom is 0.338 e. The number of thiazole rings is 1. The maximum absolute atomic E-state index is 12.1. The van der Waals surface area contributed by atoms with Crippen LogP contribution in [0.25, 0.3) is 0 Å².